The molecule has 1 aromatic carbocycles. The lowest BCUT2D eigenvalue weighted by molar-refractivity contribution is -0.116. The first-order valence-corrected chi connectivity index (χ1v) is 11.2. The Morgan fingerprint density at radius 3 is 2.93 bits per heavy atom. The second-order valence-electron chi connectivity index (χ2n) is 6.93. The van der Waals surface area contributed by atoms with Crippen molar-refractivity contribution in [2.45, 2.75) is 44.2 Å². The number of thiophene rings is 1. The van der Waals surface area contributed by atoms with E-state index in [1.165, 1.54) is 28.6 Å². The predicted octanol–water partition coefficient (Wildman–Crippen LogP) is 4.41. The van der Waals surface area contributed by atoms with Gasteiger partial charge in [0.1, 0.15) is 16.4 Å². The molecule has 0 fully saturated rings. The molecule has 0 aliphatic heterocycles. The fraction of sp³-hybridized carbons (Fsp3) is 0.381. The number of methoxy groups -OCH3 is 1. The van der Waals surface area contributed by atoms with Crippen LogP contribution in [0, 0.1) is 0 Å². The van der Waals surface area contributed by atoms with Crippen LogP contribution in [0.15, 0.2) is 34.2 Å². The summed E-state index contributed by atoms with van der Waals surface area (Å²) in [5.74, 6) is 1.43. The fourth-order valence-electron chi connectivity index (χ4n) is 3.55. The summed E-state index contributed by atoms with van der Waals surface area (Å²) in [6.45, 7) is 1.58. The maximum atomic E-state index is 13.6. The van der Waals surface area contributed by atoms with Crippen LogP contribution in [0.3, 0.4) is 0 Å². The third kappa shape index (κ3) is 3.61. The molecular formula is C21H22N2O3S2. The smallest absolute Gasteiger partial charge is 0.267 e. The number of thioether (sulfide) groups is 1. The molecule has 0 atom stereocenters. The van der Waals surface area contributed by atoms with E-state index in [2.05, 4.69) is 0 Å². The number of aryl methyl sites for hydroxylation is 2. The minimum absolute atomic E-state index is 0.0250. The van der Waals surface area contributed by atoms with E-state index in [9.17, 15) is 9.59 Å². The average molecular weight is 415 g/mol. The third-order valence-electron chi connectivity index (χ3n) is 4.95. The Labute approximate surface area is 171 Å². The summed E-state index contributed by atoms with van der Waals surface area (Å²) in [5.41, 5.74) is 1.89. The highest BCUT2D eigenvalue weighted by molar-refractivity contribution is 7.99. The quantitative estimate of drug-likeness (QED) is 0.442. The number of benzene rings is 1. The van der Waals surface area contributed by atoms with Gasteiger partial charge >= 0.3 is 0 Å². The monoisotopic (exact) mass is 414 g/mol. The number of hydrogen-bond donors (Lipinski definition) is 0. The van der Waals surface area contributed by atoms with E-state index in [1.54, 1.807) is 29.9 Å². The summed E-state index contributed by atoms with van der Waals surface area (Å²) in [7, 11) is 1.61. The van der Waals surface area contributed by atoms with Crippen LogP contribution in [-0.2, 0) is 17.6 Å². The van der Waals surface area contributed by atoms with Gasteiger partial charge in [-0.2, -0.15) is 0 Å². The second kappa shape index (κ2) is 8.09. The van der Waals surface area contributed by atoms with Gasteiger partial charge in [-0.25, -0.2) is 4.98 Å². The molecule has 146 valence electrons. The van der Waals surface area contributed by atoms with Crippen molar-refractivity contribution in [3.8, 4) is 11.4 Å². The molecule has 0 spiro atoms. The van der Waals surface area contributed by atoms with Crippen molar-refractivity contribution in [2.24, 2.45) is 0 Å². The molecule has 28 heavy (non-hydrogen) atoms. The first-order valence-electron chi connectivity index (χ1n) is 9.42. The van der Waals surface area contributed by atoms with Crippen LogP contribution in [-0.4, -0.2) is 28.2 Å². The fourth-order valence-corrected chi connectivity index (χ4v) is 5.90. The zero-order chi connectivity index (χ0) is 19.7. The highest BCUT2D eigenvalue weighted by Crippen LogP contribution is 2.35. The van der Waals surface area contributed by atoms with Crippen molar-refractivity contribution in [3.63, 3.8) is 0 Å². The number of ether oxygens (including phenoxy) is 1. The van der Waals surface area contributed by atoms with E-state index >= 15 is 0 Å². The molecule has 2 heterocycles. The molecule has 4 rings (SSSR count). The van der Waals surface area contributed by atoms with Gasteiger partial charge < -0.3 is 4.74 Å². The van der Waals surface area contributed by atoms with E-state index in [0.717, 1.165) is 35.2 Å². The Balaban J connectivity index is 1.91. The Hall–Kier alpha value is -2.12. The molecule has 0 unspecified atom stereocenters. The standard InChI is InChI=1S/C21H22N2O3S2/c1-13(24)10-11-27-21-22-19-18(16-8-3-4-9-17(16)28-19)20(25)23(21)14-6-5-7-15(12-14)26-2/h5-7,12H,3-4,8-11H2,1-2H3. The summed E-state index contributed by atoms with van der Waals surface area (Å²) < 4.78 is 7.02. The van der Waals surface area contributed by atoms with Crippen molar-refractivity contribution in [3.05, 3.63) is 45.1 Å². The van der Waals surface area contributed by atoms with Gasteiger partial charge in [-0.1, -0.05) is 17.8 Å². The van der Waals surface area contributed by atoms with Gasteiger partial charge in [0, 0.05) is 23.1 Å². The zero-order valence-electron chi connectivity index (χ0n) is 16.0. The Kier molecular flexibility index (Phi) is 5.55. The minimum atomic E-state index is -0.0250. The SMILES string of the molecule is COc1cccc(-n2c(SCCC(C)=O)nc3sc4c(c3c2=O)CCCC4)c1. The molecule has 0 saturated carbocycles. The van der Waals surface area contributed by atoms with Gasteiger partial charge in [0.2, 0.25) is 0 Å². The Morgan fingerprint density at radius 2 is 2.14 bits per heavy atom. The van der Waals surface area contributed by atoms with Crippen molar-refractivity contribution < 1.29 is 9.53 Å². The minimum Gasteiger partial charge on any atom is -0.497 e. The average Bonchev–Trinajstić information content (AvgIpc) is 3.06. The van der Waals surface area contributed by atoms with E-state index in [4.69, 9.17) is 9.72 Å². The van der Waals surface area contributed by atoms with Crippen LogP contribution in [0.25, 0.3) is 15.9 Å². The van der Waals surface area contributed by atoms with Gasteiger partial charge in [0.15, 0.2) is 5.16 Å². The number of aromatic nitrogens is 2. The maximum absolute atomic E-state index is 13.6. The van der Waals surface area contributed by atoms with Crippen molar-refractivity contribution >= 4 is 39.1 Å². The van der Waals surface area contributed by atoms with Crippen LogP contribution in [0.5, 0.6) is 5.75 Å². The third-order valence-corrected chi connectivity index (χ3v) is 7.08. The number of Topliss-reactive ketones (excluding diaryl/α,β-unsaturated/α-hetero) is 1. The largest absolute Gasteiger partial charge is 0.497 e. The normalized spacial score (nSPS) is 13.5. The molecule has 2 aromatic heterocycles. The summed E-state index contributed by atoms with van der Waals surface area (Å²) >= 11 is 3.11. The highest BCUT2D eigenvalue weighted by atomic mass is 32.2. The topological polar surface area (TPSA) is 61.2 Å². The lowest BCUT2D eigenvalue weighted by Crippen LogP contribution is -2.22. The number of fused-ring (bicyclic) bond motifs is 3. The Morgan fingerprint density at radius 1 is 1.32 bits per heavy atom. The lowest BCUT2D eigenvalue weighted by atomic mass is 9.97. The lowest BCUT2D eigenvalue weighted by Gasteiger charge is -2.14. The van der Waals surface area contributed by atoms with Crippen LogP contribution in [0.2, 0.25) is 0 Å². The number of carbonyl (C=O) groups is 1. The zero-order valence-corrected chi connectivity index (χ0v) is 17.6. The predicted molar refractivity (Wildman–Crippen MR) is 114 cm³/mol. The second-order valence-corrected chi connectivity index (χ2v) is 9.07. The number of hydrogen-bond acceptors (Lipinski definition) is 6. The molecule has 0 saturated heterocycles. The molecule has 1 aliphatic rings. The first-order chi connectivity index (χ1) is 13.6. The van der Waals surface area contributed by atoms with E-state index < -0.39 is 0 Å². The molecule has 5 nitrogen and oxygen atoms in total. The Bertz CT molecular complexity index is 1100. The first kappa shape index (κ1) is 19.2. The molecule has 7 heteroatoms. The molecule has 3 aromatic rings. The highest BCUT2D eigenvalue weighted by Gasteiger charge is 2.23. The van der Waals surface area contributed by atoms with E-state index in [0.29, 0.717) is 23.1 Å². The summed E-state index contributed by atoms with van der Waals surface area (Å²) in [6, 6.07) is 7.47. The number of ketones is 1. The van der Waals surface area contributed by atoms with Crippen LogP contribution in [0.1, 0.15) is 36.6 Å². The molecule has 0 radical (unpaired) electrons. The summed E-state index contributed by atoms with van der Waals surface area (Å²) in [5, 5.41) is 1.39. The van der Waals surface area contributed by atoms with Crippen molar-refractivity contribution in [1.82, 2.24) is 9.55 Å². The van der Waals surface area contributed by atoms with Crippen LogP contribution >= 0.6 is 23.1 Å². The molecule has 0 bridgehead atoms. The van der Waals surface area contributed by atoms with Crippen LogP contribution in [0.4, 0.5) is 0 Å². The summed E-state index contributed by atoms with van der Waals surface area (Å²) in [6.07, 6.45) is 4.72. The molecule has 0 N–H and O–H groups in total. The van der Waals surface area contributed by atoms with Gasteiger partial charge in [0.05, 0.1) is 18.2 Å². The number of carbonyl (C=O) groups excluding carboxylic acids is 1. The van der Waals surface area contributed by atoms with Crippen molar-refractivity contribution in [2.75, 3.05) is 12.9 Å². The van der Waals surface area contributed by atoms with Gasteiger partial charge in [-0.05, 0) is 50.3 Å². The van der Waals surface area contributed by atoms with E-state index in [-0.39, 0.29) is 11.3 Å². The van der Waals surface area contributed by atoms with Crippen molar-refractivity contribution in [1.29, 1.82) is 0 Å². The van der Waals surface area contributed by atoms with Gasteiger partial charge in [-0.15, -0.1) is 11.3 Å². The molecule has 1 aliphatic carbocycles. The van der Waals surface area contributed by atoms with E-state index in [1.807, 2.05) is 24.3 Å². The van der Waals surface area contributed by atoms with Gasteiger partial charge in [0.25, 0.3) is 5.56 Å². The number of nitrogens with zero attached hydrogens (tertiary/aromatic N) is 2. The maximum Gasteiger partial charge on any atom is 0.267 e. The summed E-state index contributed by atoms with van der Waals surface area (Å²) in [4.78, 5) is 31.9. The molecule has 0 amide bonds. The molecular weight excluding hydrogens is 392 g/mol. The van der Waals surface area contributed by atoms with Gasteiger partial charge in [-0.3, -0.25) is 14.2 Å². The van der Waals surface area contributed by atoms with Crippen LogP contribution < -0.4 is 10.3 Å². The number of rotatable bonds is 6.